The molecule has 0 aliphatic carbocycles. The SMILES string of the molecule is CCCCCC1(N)NC(=O)NC=C1CO. The highest BCUT2D eigenvalue weighted by molar-refractivity contribution is 5.78. The van der Waals surface area contributed by atoms with E-state index in [0.717, 1.165) is 19.3 Å². The quantitative estimate of drug-likeness (QED) is 0.499. The van der Waals surface area contributed by atoms with Crippen LogP contribution in [0.3, 0.4) is 0 Å². The Morgan fingerprint density at radius 1 is 1.53 bits per heavy atom. The molecule has 86 valence electrons. The molecule has 0 saturated heterocycles. The maximum absolute atomic E-state index is 11.1. The van der Waals surface area contributed by atoms with E-state index < -0.39 is 5.66 Å². The first kappa shape index (κ1) is 12.0. The largest absolute Gasteiger partial charge is 0.392 e. The Hall–Kier alpha value is -1.07. The lowest BCUT2D eigenvalue weighted by Crippen LogP contribution is -2.62. The third-order valence-corrected chi connectivity index (χ3v) is 2.63. The molecule has 2 amide bonds. The molecule has 0 fully saturated rings. The van der Waals surface area contributed by atoms with Crippen LogP contribution < -0.4 is 16.4 Å². The molecule has 1 atom stereocenters. The normalized spacial score (nSPS) is 25.5. The zero-order valence-corrected chi connectivity index (χ0v) is 9.05. The van der Waals surface area contributed by atoms with Gasteiger partial charge in [0.25, 0.3) is 0 Å². The third kappa shape index (κ3) is 2.94. The molecular weight excluding hydrogens is 194 g/mol. The monoisotopic (exact) mass is 213 g/mol. The van der Waals surface area contributed by atoms with Crippen LogP contribution in [0.15, 0.2) is 11.8 Å². The Morgan fingerprint density at radius 2 is 2.27 bits per heavy atom. The van der Waals surface area contributed by atoms with Gasteiger partial charge in [-0.05, 0) is 12.8 Å². The van der Waals surface area contributed by atoms with E-state index in [1.807, 2.05) is 0 Å². The highest BCUT2D eigenvalue weighted by Gasteiger charge is 2.33. The summed E-state index contributed by atoms with van der Waals surface area (Å²) in [5, 5.41) is 14.3. The summed E-state index contributed by atoms with van der Waals surface area (Å²) in [6.07, 6.45) is 5.25. The van der Waals surface area contributed by atoms with Gasteiger partial charge in [-0.2, -0.15) is 0 Å². The molecule has 0 spiro atoms. The first-order valence-corrected chi connectivity index (χ1v) is 5.30. The van der Waals surface area contributed by atoms with Crippen LogP contribution in [0, 0.1) is 0 Å². The Bertz CT molecular complexity index is 265. The molecule has 15 heavy (non-hydrogen) atoms. The number of aliphatic hydroxyl groups excluding tert-OH is 1. The van der Waals surface area contributed by atoms with Gasteiger partial charge >= 0.3 is 6.03 Å². The molecule has 0 saturated carbocycles. The molecule has 1 aliphatic heterocycles. The minimum absolute atomic E-state index is 0.143. The summed E-state index contributed by atoms with van der Waals surface area (Å²) in [4.78, 5) is 11.1. The number of rotatable bonds is 5. The van der Waals surface area contributed by atoms with Gasteiger partial charge in [0.2, 0.25) is 0 Å². The molecule has 0 aromatic rings. The van der Waals surface area contributed by atoms with Gasteiger partial charge in [-0.1, -0.05) is 19.8 Å². The lowest BCUT2D eigenvalue weighted by Gasteiger charge is -2.35. The smallest absolute Gasteiger partial charge is 0.320 e. The van der Waals surface area contributed by atoms with Crippen molar-refractivity contribution in [2.75, 3.05) is 6.61 Å². The van der Waals surface area contributed by atoms with E-state index in [9.17, 15) is 4.79 Å². The standard InChI is InChI=1S/C10H19N3O2/c1-2-3-4-5-10(11)8(7-14)6-12-9(15)13-10/h6,14H,2-5,7,11H2,1H3,(H2,12,13,15). The number of urea groups is 1. The number of carbonyl (C=O) groups excluding carboxylic acids is 1. The van der Waals surface area contributed by atoms with Gasteiger partial charge in [-0.3, -0.25) is 0 Å². The Labute approximate surface area is 89.7 Å². The Kier molecular flexibility index (Phi) is 4.11. The summed E-state index contributed by atoms with van der Waals surface area (Å²) in [5.41, 5.74) is 5.79. The van der Waals surface area contributed by atoms with Crippen molar-refractivity contribution in [2.24, 2.45) is 5.73 Å². The van der Waals surface area contributed by atoms with Gasteiger partial charge in [0.15, 0.2) is 0 Å². The topological polar surface area (TPSA) is 87.4 Å². The van der Waals surface area contributed by atoms with Gasteiger partial charge in [0.1, 0.15) is 5.66 Å². The van der Waals surface area contributed by atoms with Crippen LogP contribution in [0.1, 0.15) is 32.6 Å². The fourth-order valence-corrected chi connectivity index (χ4v) is 1.66. The van der Waals surface area contributed by atoms with Crippen LogP contribution in [0.4, 0.5) is 4.79 Å². The highest BCUT2D eigenvalue weighted by atomic mass is 16.3. The van der Waals surface area contributed by atoms with Crippen LogP contribution in [0.25, 0.3) is 0 Å². The molecule has 1 heterocycles. The Balaban J connectivity index is 2.65. The maximum atomic E-state index is 11.1. The number of carbonyl (C=O) groups is 1. The Morgan fingerprint density at radius 3 is 2.87 bits per heavy atom. The predicted octanol–water partition coefficient (Wildman–Crippen LogP) is 0.411. The summed E-state index contributed by atoms with van der Waals surface area (Å²) in [5.74, 6) is 0. The molecular formula is C10H19N3O2. The fourth-order valence-electron chi connectivity index (χ4n) is 1.66. The first-order chi connectivity index (χ1) is 7.12. The third-order valence-electron chi connectivity index (χ3n) is 2.63. The van der Waals surface area contributed by atoms with Crippen molar-refractivity contribution < 1.29 is 9.90 Å². The van der Waals surface area contributed by atoms with Crippen LogP contribution in [-0.4, -0.2) is 23.4 Å². The second kappa shape index (κ2) is 5.14. The van der Waals surface area contributed by atoms with Crippen LogP contribution in [0.2, 0.25) is 0 Å². The first-order valence-electron chi connectivity index (χ1n) is 5.30. The van der Waals surface area contributed by atoms with Crippen molar-refractivity contribution in [3.63, 3.8) is 0 Å². The molecule has 5 N–H and O–H groups in total. The molecule has 1 aliphatic rings. The number of aliphatic hydroxyl groups is 1. The highest BCUT2D eigenvalue weighted by Crippen LogP contribution is 2.20. The molecule has 0 radical (unpaired) electrons. The summed E-state index contributed by atoms with van der Waals surface area (Å²) in [6.45, 7) is 1.96. The second-order valence-corrected chi connectivity index (χ2v) is 3.85. The maximum Gasteiger partial charge on any atom is 0.320 e. The summed E-state index contributed by atoms with van der Waals surface area (Å²) in [6, 6.07) is -0.314. The lowest BCUT2D eigenvalue weighted by molar-refractivity contribution is 0.217. The van der Waals surface area contributed by atoms with Crippen molar-refractivity contribution in [1.29, 1.82) is 0 Å². The van der Waals surface area contributed by atoms with E-state index in [-0.39, 0.29) is 12.6 Å². The number of unbranched alkanes of at least 4 members (excludes halogenated alkanes) is 2. The van der Waals surface area contributed by atoms with Gasteiger partial charge < -0.3 is 21.5 Å². The van der Waals surface area contributed by atoms with E-state index in [1.54, 1.807) is 0 Å². The number of hydrogen-bond acceptors (Lipinski definition) is 3. The van der Waals surface area contributed by atoms with Crippen molar-refractivity contribution in [2.45, 2.75) is 38.3 Å². The molecule has 0 aromatic carbocycles. The average molecular weight is 213 g/mol. The fraction of sp³-hybridized carbons (Fsp3) is 0.700. The van der Waals surface area contributed by atoms with E-state index in [0.29, 0.717) is 12.0 Å². The van der Waals surface area contributed by atoms with Crippen LogP contribution >= 0.6 is 0 Å². The van der Waals surface area contributed by atoms with Crippen LogP contribution in [0.5, 0.6) is 0 Å². The molecule has 1 unspecified atom stereocenters. The van der Waals surface area contributed by atoms with Crippen molar-refractivity contribution in [1.82, 2.24) is 10.6 Å². The summed E-state index contributed by atoms with van der Waals surface area (Å²) >= 11 is 0. The summed E-state index contributed by atoms with van der Waals surface area (Å²) in [7, 11) is 0. The van der Waals surface area contributed by atoms with Gasteiger partial charge in [-0.15, -0.1) is 0 Å². The minimum Gasteiger partial charge on any atom is -0.392 e. The molecule has 5 nitrogen and oxygen atoms in total. The molecule has 0 aromatic heterocycles. The molecule has 0 bridgehead atoms. The van der Waals surface area contributed by atoms with Gasteiger partial charge in [0, 0.05) is 11.8 Å². The lowest BCUT2D eigenvalue weighted by atomic mass is 9.93. The van der Waals surface area contributed by atoms with E-state index in [4.69, 9.17) is 10.8 Å². The zero-order chi connectivity index (χ0) is 11.3. The zero-order valence-electron chi connectivity index (χ0n) is 9.05. The van der Waals surface area contributed by atoms with E-state index in [1.165, 1.54) is 6.20 Å². The number of nitrogens with one attached hydrogen (secondary N) is 2. The molecule has 1 rings (SSSR count). The van der Waals surface area contributed by atoms with E-state index >= 15 is 0 Å². The number of amides is 2. The molecule has 5 heteroatoms. The van der Waals surface area contributed by atoms with Gasteiger partial charge in [0.05, 0.1) is 6.61 Å². The van der Waals surface area contributed by atoms with Crippen molar-refractivity contribution >= 4 is 6.03 Å². The predicted molar refractivity (Wildman–Crippen MR) is 57.9 cm³/mol. The van der Waals surface area contributed by atoms with Gasteiger partial charge in [-0.25, -0.2) is 4.79 Å². The van der Waals surface area contributed by atoms with Crippen LogP contribution in [-0.2, 0) is 0 Å². The van der Waals surface area contributed by atoms with E-state index in [2.05, 4.69) is 17.6 Å². The average Bonchev–Trinajstić information content (AvgIpc) is 2.18. The summed E-state index contributed by atoms with van der Waals surface area (Å²) < 4.78 is 0. The van der Waals surface area contributed by atoms with Crippen molar-refractivity contribution in [3.05, 3.63) is 11.8 Å². The second-order valence-electron chi connectivity index (χ2n) is 3.85. The van der Waals surface area contributed by atoms with Crippen molar-refractivity contribution in [3.8, 4) is 0 Å². The number of nitrogens with two attached hydrogens (primary N) is 1. The minimum atomic E-state index is -0.883. The number of hydrogen-bond donors (Lipinski definition) is 4.